The van der Waals surface area contributed by atoms with Gasteiger partial charge in [-0.3, -0.25) is 4.79 Å². The number of hydrogen-bond acceptors (Lipinski definition) is 4. The van der Waals surface area contributed by atoms with Crippen LogP contribution in [0.1, 0.15) is 48.1 Å². The predicted molar refractivity (Wildman–Crippen MR) is 104 cm³/mol. The van der Waals surface area contributed by atoms with Crippen molar-refractivity contribution in [1.82, 2.24) is 4.31 Å². The van der Waals surface area contributed by atoms with Crippen molar-refractivity contribution in [3.63, 3.8) is 0 Å². The normalized spacial score (nSPS) is 15.8. The number of aryl methyl sites for hydroxylation is 3. The average molecular weight is 390 g/mol. The number of piperidine rings is 1. The number of nitrogens with zero attached hydrogens (tertiary/aromatic N) is 1. The van der Waals surface area contributed by atoms with Gasteiger partial charge in [0.05, 0.1) is 0 Å². The molecule has 0 atom stereocenters. The summed E-state index contributed by atoms with van der Waals surface area (Å²) in [6.45, 7) is 4.83. The molecular weight excluding hydrogens is 362 g/mol. The summed E-state index contributed by atoms with van der Waals surface area (Å²) in [6, 6.07) is 9.57. The monoisotopic (exact) mass is 389 g/mol. The van der Waals surface area contributed by atoms with Gasteiger partial charge in [0.25, 0.3) is 10.0 Å². The van der Waals surface area contributed by atoms with Gasteiger partial charge in [0.15, 0.2) is 0 Å². The molecule has 1 aliphatic rings. The first-order chi connectivity index (χ1) is 12.9. The second-order valence-corrected chi connectivity index (χ2v) is 9.12. The molecule has 3 rings (SSSR count). The summed E-state index contributed by atoms with van der Waals surface area (Å²) in [5.74, 6) is 0.596. The van der Waals surface area contributed by atoms with Gasteiger partial charge in [0, 0.05) is 37.6 Å². The third kappa shape index (κ3) is 4.68. The summed E-state index contributed by atoms with van der Waals surface area (Å²) < 4.78 is 32.5. The molecule has 1 aliphatic heterocycles. The highest BCUT2D eigenvalue weighted by molar-refractivity contribution is 7.89. The highest BCUT2D eigenvalue weighted by Gasteiger charge is 2.30. The molecule has 6 heteroatoms. The van der Waals surface area contributed by atoms with E-state index in [0.29, 0.717) is 37.3 Å². The van der Waals surface area contributed by atoms with Crippen molar-refractivity contribution >= 4 is 15.8 Å². The molecule has 0 amide bonds. The van der Waals surface area contributed by atoms with Crippen molar-refractivity contribution in [2.24, 2.45) is 0 Å². The summed E-state index contributed by atoms with van der Waals surface area (Å²) in [5.41, 5.74) is 3.02. The van der Waals surface area contributed by atoms with Crippen LogP contribution in [-0.4, -0.2) is 31.6 Å². The Kier molecular flexibility index (Phi) is 6.17. The van der Waals surface area contributed by atoms with Gasteiger partial charge < -0.3 is 4.42 Å². The van der Waals surface area contributed by atoms with E-state index in [1.807, 2.05) is 31.2 Å². The van der Waals surface area contributed by atoms with E-state index in [1.54, 1.807) is 6.92 Å². The number of rotatable bonds is 7. The molecule has 0 spiro atoms. The number of carbonyl (C=O) groups excluding carboxylic acids is 1. The van der Waals surface area contributed by atoms with Crippen molar-refractivity contribution in [3.05, 3.63) is 52.8 Å². The van der Waals surface area contributed by atoms with E-state index in [2.05, 4.69) is 0 Å². The number of Topliss-reactive ketones (excluding diaryl/α,β-unsaturated/α-hetero) is 1. The zero-order valence-electron chi connectivity index (χ0n) is 16.0. The molecule has 2 heterocycles. The van der Waals surface area contributed by atoms with Gasteiger partial charge >= 0.3 is 0 Å². The van der Waals surface area contributed by atoms with Crippen LogP contribution in [0.5, 0.6) is 0 Å². The van der Waals surface area contributed by atoms with E-state index in [4.69, 9.17) is 4.42 Å². The van der Waals surface area contributed by atoms with Gasteiger partial charge in [-0.2, -0.15) is 4.31 Å². The van der Waals surface area contributed by atoms with Gasteiger partial charge in [-0.05, 0) is 44.2 Å². The van der Waals surface area contributed by atoms with E-state index in [0.717, 1.165) is 19.3 Å². The molecule has 27 heavy (non-hydrogen) atoms. The number of hydrogen-bond donors (Lipinski definition) is 0. The van der Waals surface area contributed by atoms with E-state index < -0.39 is 10.0 Å². The van der Waals surface area contributed by atoms with E-state index in [9.17, 15) is 13.2 Å². The third-order valence-corrected chi connectivity index (χ3v) is 6.98. The highest BCUT2D eigenvalue weighted by atomic mass is 32.2. The summed E-state index contributed by atoms with van der Waals surface area (Å²) in [5, 5.41) is -0.0383. The maximum absolute atomic E-state index is 12.7. The lowest BCUT2D eigenvalue weighted by atomic mass is 10.00. The summed E-state index contributed by atoms with van der Waals surface area (Å²) >= 11 is 0. The fraction of sp³-hybridized carbons (Fsp3) is 0.476. The number of benzene rings is 1. The molecule has 0 radical (unpaired) electrons. The fourth-order valence-electron chi connectivity index (χ4n) is 3.49. The zero-order valence-corrected chi connectivity index (χ0v) is 16.8. The maximum Gasteiger partial charge on any atom is 0.276 e. The average Bonchev–Trinajstić information content (AvgIpc) is 3.03. The Morgan fingerprint density at radius 1 is 1.07 bits per heavy atom. The Morgan fingerprint density at radius 2 is 1.78 bits per heavy atom. The SMILES string of the molecule is Cc1ccccc1CCC(=O)Cc1cc(S(=O)(=O)N2CCCCC2)oc1C. The van der Waals surface area contributed by atoms with Crippen molar-refractivity contribution in [3.8, 4) is 0 Å². The van der Waals surface area contributed by atoms with Crippen LogP contribution in [0.4, 0.5) is 0 Å². The van der Waals surface area contributed by atoms with Crippen LogP contribution < -0.4 is 0 Å². The topological polar surface area (TPSA) is 67.6 Å². The Labute approximate surface area is 161 Å². The third-order valence-electron chi connectivity index (χ3n) is 5.23. The lowest BCUT2D eigenvalue weighted by Gasteiger charge is -2.24. The number of furan rings is 1. The minimum absolute atomic E-state index is 0.0383. The van der Waals surface area contributed by atoms with Crippen LogP contribution in [0.25, 0.3) is 0 Å². The molecule has 0 N–H and O–H groups in total. The first-order valence-electron chi connectivity index (χ1n) is 9.53. The fourth-order valence-corrected chi connectivity index (χ4v) is 5.01. The second-order valence-electron chi connectivity index (χ2n) is 7.25. The van der Waals surface area contributed by atoms with Crippen LogP contribution in [0.15, 0.2) is 39.8 Å². The van der Waals surface area contributed by atoms with E-state index in [-0.39, 0.29) is 17.3 Å². The largest absolute Gasteiger partial charge is 0.448 e. The number of ketones is 1. The van der Waals surface area contributed by atoms with Crippen LogP contribution in [0.2, 0.25) is 0 Å². The van der Waals surface area contributed by atoms with Gasteiger partial charge in [-0.1, -0.05) is 30.7 Å². The molecular formula is C21H27NO4S. The minimum atomic E-state index is -3.61. The lowest BCUT2D eigenvalue weighted by molar-refractivity contribution is -0.118. The van der Waals surface area contributed by atoms with Crippen LogP contribution in [0, 0.1) is 13.8 Å². The number of carbonyl (C=O) groups is 1. The van der Waals surface area contributed by atoms with Crippen molar-refractivity contribution in [2.75, 3.05) is 13.1 Å². The molecule has 5 nitrogen and oxygen atoms in total. The Morgan fingerprint density at radius 3 is 2.48 bits per heavy atom. The molecule has 1 saturated heterocycles. The van der Waals surface area contributed by atoms with Crippen molar-refractivity contribution in [1.29, 1.82) is 0 Å². The van der Waals surface area contributed by atoms with E-state index in [1.165, 1.54) is 21.5 Å². The van der Waals surface area contributed by atoms with Crippen LogP contribution >= 0.6 is 0 Å². The minimum Gasteiger partial charge on any atom is -0.448 e. The van der Waals surface area contributed by atoms with Crippen molar-refractivity contribution in [2.45, 2.75) is 57.5 Å². The molecule has 0 saturated carbocycles. The second kappa shape index (κ2) is 8.40. The molecule has 2 aromatic rings. The van der Waals surface area contributed by atoms with Gasteiger partial charge in [-0.15, -0.1) is 0 Å². The van der Waals surface area contributed by atoms with Crippen LogP contribution in [-0.2, 0) is 27.7 Å². The van der Waals surface area contributed by atoms with E-state index >= 15 is 0 Å². The van der Waals surface area contributed by atoms with Crippen molar-refractivity contribution < 1.29 is 17.6 Å². The smallest absolute Gasteiger partial charge is 0.276 e. The first kappa shape index (κ1) is 19.8. The summed E-state index contributed by atoms with van der Waals surface area (Å²) in [4.78, 5) is 12.4. The van der Waals surface area contributed by atoms with Gasteiger partial charge in [0.2, 0.25) is 5.09 Å². The molecule has 1 aromatic carbocycles. The Balaban J connectivity index is 1.65. The van der Waals surface area contributed by atoms with Crippen LogP contribution in [0.3, 0.4) is 0 Å². The molecule has 0 bridgehead atoms. The summed E-state index contributed by atoms with van der Waals surface area (Å²) in [7, 11) is -3.61. The lowest BCUT2D eigenvalue weighted by Crippen LogP contribution is -2.35. The Bertz CT molecular complexity index is 908. The van der Waals surface area contributed by atoms with Gasteiger partial charge in [0.1, 0.15) is 11.5 Å². The Hall–Kier alpha value is -1.92. The zero-order chi connectivity index (χ0) is 19.4. The summed E-state index contributed by atoms with van der Waals surface area (Å²) in [6.07, 6.45) is 4.15. The predicted octanol–water partition coefficient (Wildman–Crippen LogP) is 3.82. The first-order valence-corrected chi connectivity index (χ1v) is 11.0. The standard InChI is InChI=1S/C21H27NO4S/c1-16-8-4-5-9-18(16)10-11-20(23)14-19-15-21(26-17(19)2)27(24,25)22-12-6-3-7-13-22/h4-5,8-9,15H,3,6-7,10-14H2,1-2H3. The number of sulfonamides is 1. The van der Waals surface area contributed by atoms with Gasteiger partial charge in [-0.25, -0.2) is 8.42 Å². The molecule has 0 unspecified atom stereocenters. The maximum atomic E-state index is 12.7. The molecule has 146 valence electrons. The quantitative estimate of drug-likeness (QED) is 0.722. The molecule has 1 aromatic heterocycles. The molecule has 0 aliphatic carbocycles. The molecule has 1 fully saturated rings. The highest BCUT2D eigenvalue weighted by Crippen LogP contribution is 2.25.